The van der Waals surface area contributed by atoms with Gasteiger partial charge >= 0.3 is 0 Å². The highest BCUT2D eigenvalue weighted by atomic mass is 19.1. The Balaban J connectivity index is 2.34. The second-order valence-electron chi connectivity index (χ2n) is 3.16. The van der Waals surface area contributed by atoms with Crippen molar-refractivity contribution in [2.75, 3.05) is 0 Å². The fraction of sp³-hybridized carbons (Fsp3) is 1.00. The van der Waals surface area contributed by atoms with Crippen LogP contribution in [0.5, 0.6) is 0 Å². The van der Waals surface area contributed by atoms with E-state index < -0.39 is 6.17 Å². The molecular weight excluding hydrogens is 114 g/mol. The molecule has 0 spiro atoms. The van der Waals surface area contributed by atoms with E-state index in [-0.39, 0.29) is 5.31 Å². The van der Waals surface area contributed by atoms with Crippen LogP contribution in [-0.2, 0) is 0 Å². The lowest BCUT2D eigenvalue weighted by atomic mass is 9.36. The van der Waals surface area contributed by atoms with Crippen molar-refractivity contribution in [1.29, 1.82) is 0 Å². The van der Waals surface area contributed by atoms with E-state index >= 15 is 0 Å². The van der Waals surface area contributed by atoms with Crippen LogP contribution < -0.4 is 0 Å². The third-order valence-electron chi connectivity index (χ3n) is 2.30. The highest BCUT2D eigenvalue weighted by Crippen LogP contribution is 2.47. The monoisotopic (exact) mass is 127 g/mol. The molecule has 0 N–H and O–H groups in total. The quantitative estimate of drug-likeness (QED) is 0.499. The fourth-order valence-electron chi connectivity index (χ4n) is 1.41. The molecule has 1 fully saturated rings. The van der Waals surface area contributed by atoms with Crippen molar-refractivity contribution >= 4 is 7.28 Å². The molecule has 0 aromatic rings. The van der Waals surface area contributed by atoms with Gasteiger partial charge in [0.05, 0.1) is 6.17 Å². The van der Waals surface area contributed by atoms with Crippen LogP contribution in [0.2, 0.25) is 11.6 Å². The van der Waals surface area contributed by atoms with Gasteiger partial charge in [0.2, 0.25) is 0 Å². The minimum atomic E-state index is -0.558. The topological polar surface area (TPSA) is 0 Å². The molecule has 0 aliphatic carbocycles. The third-order valence-corrected chi connectivity index (χ3v) is 2.30. The molecular formula is C7H13BF. The van der Waals surface area contributed by atoms with Crippen molar-refractivity contribution in [2.45, 2.75) is 44.5 Å². The van der Waals surface area contributed by atoms with Gasteiger partial charge in [-0.2, -0.15) is 0 Å². The Morgan fingerprint density at radius 3 is 2.56 bits per heavy atom. The van der Waals surface area contributed by atoms with E-state index in [2.05, 4.69) is 14.2 Å². The standard InChI is InChI=1S/C7H13BF/c1-3-4-7(2)6(9)5-8-7/h6H,3-5H2,1-2H3/t6-,7?/m1/s1. The number of rotatable bonds is 2. The van der Waals surface area contributed by atoms with E-state index in [1.165, 1.54) is 0 Å². The summed E-state index contributed by atoms with van der Waals surface area (Å²) in [5.74, 6) is 0. The third kappa shape index (κ3) is 1.12. The average molecular weight is 127 g/mol. The molecule has 1 saturated heterocycles. The van der Waals surface area contributed by atoms with Crippen LogP contribution in [0.15, 0.2) is 0 Å². The minimum absolute atomic E-state index is 0.0608. The van der Waals surface area contributed by atoms with E-state index in [1.807, 2.05) is 6.92 Å². The van der Waals surface area contributed by atoms with Crippen molar-refractivity contribution in [2.24, 2.45) is 0 Å². The van der Waals surface area contributed by atoms with Gasteiger partial charge in [0.1, 0.15) is 7.28 Å². The fourth-order valence-corrected chi connectivity index (χ4v) is 1.41. The van der Waals surface area contributed by atoms with Crippen molar-refractivity contribution in [3.63, 3.8) is 0 Å². The molecule has 0 saturated carbocycles. The van der Waals surface area contributed by atoms with E-state index in [4.69, 9.17) is 0 Å². The molecule has 9 heavy (non-hydrogen) atoms. The first-order valence-electron chi connectivity index (χ1n) is 3.67. The highest BCUT2D eigenvalue weighted by molar-refractivity contribution is 6.44. The predicted molar refractivity (Wildman–Crippen MR) is 38.7 cm³/mol. The van der Waals surface area contributed by atoms with Crippen molar-refractivity contribution < 1.29 is 4.39 Å². The summed E-state index contributed by atoms with van der Waals surface area (Å²) in [4.78, 5) is 0. The summed E-state index contributed by atoms with van der Waals surface area (Å²) in [7, 11) is 2.10. The zero-order chi connectivity index (χ0) is 6.91. The first-order chi connectivity index (χ1) is 4.19. The second kappa shape index (κ2) is 2.32. The maximum atomic E-state index is 12.7. The maximum Gasteiger partial charge on any atom is 0.125 e. The zero-order valence-electron chi connectivity index (χ0n) is 6.15. The molecule has 0 amide bonds. The molecule has 2 heteroatoms. The molecule has 1 heterocycles. The Morgan fingerprint density at radius 2 is 2.44 bits per heavy atom. The summed E-state index contributed by atoms with van der Waals surface area (Å²) in [6, 6.07) is 0. The molecule has 0 aromatic carbocycles. The van der Waals surface area contributed by atoms with Crippen molar-refractivity contribution in [3.8, 4) is 0 Å². The second-order valence-corrected chi connectivity index (χ2v) is 3.16. The predicted octanol–water partition coefficient (Wildman–Crippen LogP) is 2.44. The molecule has 2 atom stereocenters. The van der Waals surface area contributed by atoms with Gasteiger partial charge in [0, 0.05) is 0 Å². The van der Waals surface area contributed by atoms with E-state index in [0.717, 1.165) is 12.8 Å². The molecule has 1 unspecified atom stereocenters. The molecule has 0 aromatic heterocycles. The summed E-state index contributed by atoms with van der Waals surface area (Å²) < 4.78 is 12.7. The van der Waals surface area contributed by atoms with Crippen molar-refractivity contribution in [1.82, 2.24) is 0 Å². The van der Waals surface area contributed by atoms with Crippen molar-refractivity contribution in [3.05, 3.63) is 0 Å². The van der Waals surface area contributed by atoms with Crippen LogP contribution in [0.25, 0.3) is 0 Å². The van der Waals surface area contributed by atoms with Crippen LogP contribution in [-0.4, -0.2) is 13.5 Å². The molecule has 51 valence electrons. The van der Waals surface area contributed by atoms with E-state index in [1.54, 1.807) is 0 Å². The Bertz CT molecular complexity index is 105. The Hall–Kier alpha value is -0.00506. The van der Waals surface area contributed by atoms with E-state index in [9.17, 15) is 4.39 Å². The summed E-state index contributed by atoms with van der Waals surface area (Å²) in [5.41, 5.74) is 0. The highest BCUT2D eigenvalue weighted by Gasteiger charge is 2.42. The molecule has 1 radical (unpaired) electrons. The lowest BCUT2D eigenvalue weighted by molar-refractivity contribution is 0.229. The van der Waals surface area contributed by atoms with Gasteiger partial charge in [0.25, 0.3) is 0 Å². The van der Waals surface area contributed by atoms with Crippen LogP contribution in [0, 0.1) is 0 Å². The van der Waals surface area contributed by atoms with Gasteiger partial charge in [-0.1, -0.05) is 26.7 Å². The number of alkyl halides is 1. The minimum Gasteiger partial charge on any atom is -0.248 e. The summed E-state index contributed by atoms with van der Waals surface area (Å²) in [6.45, 7) is 4.11. The average Bonchev–Trinajstić information content (AvgIpc) is 1.86. The molecule has 0 nitrogen and oxygen atoms in total. The largest absolute Gasteiger partial charge is 0.248 e. The van der Waals surface area contributed by atoms with Gasteiger partial charge in [-0.15, -0.1) is 0 Å². The van der Waals surface area contributed by atoms with Crippen LogP contribution in [0.3, 0.4) is 0 Å². The summed E-state index contributed by atoms with van der Waals surface area (Å²) in [6.07, 6.45) is 2.22. The summed E-state index contributed by atoms with van der Waals surface area (Å²) in [5, 5.41) is -0.0608. The van der Waals surface area contributed by atoms with Crippen LogP contribution in [0.1, 0.15) is 26.7 Å². The van der Waals surface area contributed by atoms with Gasteiger partial charge in [-0.05, 0) is 11.6 Å². The van der Waals surface area contributed by atoms with Gasteiger partial charge < -0.3 is 0 Å². The smallest absolute Gasteiger partial charge is 0.125 e. The van der Waals surface area contributed by atoms with Gasteiger partial charge in [-0.3, -0.25) is 0 Å². The number of halogens is 1. The van der Waals surface area contributed by atoms with Gasteiger partial charge in [0.15, 0.2) is 0 Å². The molecule has 1 aliphatic heterocycles. The Kier molecular flexibility index (Phi) is 1.83. The molecule has 1 aliphatic rings. The summed E-state index contributed by atoms with van der Waals surface area (Å²) >= 11 is 0. The SMILES string of the molecule is CCCC1(C)[B]C[C@H]1F. The molecule has 1 rings (SSSR count). The molecule has 0 bridgehead atoms. The van der Waals surface area contributed by atoms with Crippen LogP contribution in [0.4, 0.5) is 4.39 Å². The Labute approximate surface area is 57.1 Å². The number of hydrogen-bond acceptors (Lipinski definition) is 0. The zero-order valence-corrected chi connectivity index (χ0v) is 6.15. The normalized spacial score (nSPS) is 41.4. The Morgan fingerprint density at radius 1 is 1.78 bits per heavy atom. The first-order valence-corrected chi connectivity index (χ1v) is 3.67. The lowest BCUT2D eigenvalue weighted by Gasteiger charge is -2.41. The van der Waals surface area contributed by atoms with E-state index in [0.29, 0.717) is 6.32 Å². The maximum absolute atomic E-state index is 12.7. The lowest BCUT2D eigenvalue weighted by Crippen LogP contribution is -2.39. The van der Waals surface area contributed by atoms with Crippen LogP contribution >= 0.6 is 0 Å². The van der Waals surface area contributed by atoms with Gasteiger partial charge in [-0.25, -0.2) is 4.39 Å². The first kappa shape index (κ1) is 7.11. The number of hydrogen-bond donors (Lipinski definition) is 0.